The molecule has 0 atom stereocenters. The highest BCUT2D eigenvalue weighted by molar-refractivity contribution is 5.58. The van der Waals surface area contributed by atoms with E-state index in [9.17, 15) is 5.26 Å². The maximum absolute atomic E-state index is 9.55. The van der Waals surface area contributed by atoms with E-state index in [0.717, 1.165) is 49.9 Å². The van der Waals surface area contributed by atoms with Gasteiger partial charge in [0, 0.05) is 32.4 Å². The van der Waals surface area contributed by atoms with Crippen molar-refractivity contribution in [3.63, 3.8) is 0 Å². The van der Waals surface area contributed by atoms with Crippen molar-refractivity contribution in [1.82, 2.24) is 20.0 Å². The van der Waals surface area contributed by atoms with Crippen molar-refractivity contribution in [2.45, 2.75) is 6.42 Å². The van der Waals surface area contributed by atoms with E-state index in [1.54, 1.807) is 12.4 Å². The molecule has 4 rings (SSSR count). The first-order chi connectivity index (χ1) is 12.9. The van der Waals surface area contributed by atoms with Crippen LogP contribution in [-0.2, 0) is 0 Å². The second-order valence-electron chi connectivity index (χ2n) is 6.15. The Morgan fingerprint density at radius 3 is 2.50 bits per heavy atom. The SMILES string of the molecule is N#Cc1cnn(-c2ccccc2)c1N1CCCN(c2cccnn2)CC1. The summed E-state index contributed by atoms with van der Waals surface area (Å²) in [4.78, 5) is 4.48. The van der Waals surface area contributed by atoms with E-state index in [1.807, 2.05) is 47.1 Å². The van der Waals surface area contributed by atoms with E-state index in [2.05, 4.69) is 31.2 Å². The molecule has 0 radical (unpaired) electrons. The number of rotatable bonds is 3. The average molecular weight is 345 g/mol. The largest absolute Gasteiger partial charge is 0.354 e. The van der Waals surface area contributed by atoms with Crippen molar-refractivity contribution in [1.29, 1.82) is 5.26 Å². The molecule has 0 saturated carbocycles. The van der Waals surface area contributed by atoms with Crippen LogP contribution in [0.15, 0.2) is 54.9 Å². The third kappa shape index (κ3) is 3.09. The average Bonchev–Trinajstić information content (AvgIpc) is 2.99. The molecule has 1 aromatic carbocycles. The summed E-state index contributed by atoms with van der Waals surface area (Å²) in [5, 5.41) is 22.2. The number of para-hydroxylation sites is 1. The molecule has 7 heteroatoms. The molecule has 1 saturated heterocycles. The number of aromatic nitrogens is 4. The van der Waals surface area contributed by atoms with Crippen LogP contribution in [0.3, 0.4) is 0 Å². The van der Waals surface area contributed by atoms with Crippen molar-refractivity contribution in [2.75, 3.05) is 36.0 Å². The van der Waals surface area contributed by atoms with Gasteiger partial charge < -0.3 is 9.80 Å². The van der Waals surface area contributed by atoms with Crippen molar-refractivity contribution >= 4 is 11.6 Å². The predicted molar refractivity (Wildman–Crippen MR) is 99.4 cm³/mol. The standard InChI is InChI=1S/C19H19N7/c20-14-16-15-22-26(17-6-2-1-3-7-17)19(16)25-11-5-10-24(12-13-25)18-8-4-9-21-23-18/h1-4,6-9,15H,5,10-13H2. The van der Waals surface area contributed by atoms with E-state index in [-0.39, 0.29) is 0 Å². The van der Waals surface area contributed by atoms with E-state index in [4.69, 9.17) is 0 Å². The molecule has 0 bridgehead atoms. The summed E-state index contributed by atoms with van der Waals surface area (Å²) in [6, 6.07) is 16.1. The minimum absolute atomic E-state index is 0.599. The van der Waals surface area contributed by atoms with Gasteiger partial charge in [0.05, 0.1) is 11.9 Å². The van der Waals surface area contributed by atoms with Crippen LogP contribution in [0.5, 0.6) is 0 Å². The minimum Gasteiger partial charge on any atom is -0.354 e. The summed E-state index contributed by atoms with van der Waals surface area (Å²) in [5.41, 5.74) is 1.56. The minimum atomic E-state index is 0.599. The van der Waals surface area contributed by atoms with Gasteiger partial charge in [0.25, 0.3) is 0 Å². The van der Waals surface area contributed by atoms with Gasteiger partial charge in [0.2, 0.25) is 0 Å². The Hall–Kier alpha value is -3.40. The Bertz CT molecular complexity index is 899. The molecule has 26 heavy (non-hydrogen) atoms. The van der Waals surface area contributed by atoms with Gasteiger partial charge in [0.1, 0.15) is 17.5 Å². The molecular weight excluding hydrogens is 326 g/mol. The number of hydrogen-bond donors (Lipinski definition) is 0. The topological polar surface area (TPSA) is 73.9 Å². The zero-order chi connectivity index (χ0) is 17.8. The molecule has 0 spiro atoms. The monoisotopic (exact) mass is 345 g/mol. The first-order valence-corrected chi connectivity index (χ1v) is 8.68. The smallest absolute Gasteiger partial charge is 0.151 e. The van der Waals surface area contributed by atoms with Crippen molar-refractivity contribution in [3.8, 4) is 11.8 Å². The first-order valence-electron chi connectivity index (χ1n) is 8.68. The molecule has 3 heterocycles. The van der Waals surface area contributed by atoms with Gasteiger partial charge in [-0.1, -0.05) is 18.2 Å². The molecule has 0 amide bonds. The quantitative estimate of drug-likeness (QED) is 0.725. The lowest BCUT2D eigenvalue weighted by Crippen LogP contribution is -2.32. The second kappa shape index (κ2) is 7.23. The van der Waals surface area contributed by atoms with Gasteiger partial charge in [-0.15, -0.1) is 5.10 Å². The Kier molecular flexibility index (Phi) is 4.48. The van der Waals surface area contributed by atoms with E-state index >= 15 is 0 Å². The number of anilines is 2. The van der Waals surface area contributed by atoms with Gasteiger partial charge in [-0.2, -0.15) is 15.5 Å². The lowest BCUT2D eigenvalue weighted by Gasteiger charge is -2.24. The fourth-order valence-corrected chi connectivity index (χ4v) is 3.30. The molecule has 0 N–H and O–H groups in total. The number of nitrogens with zero attached hydrogens (tertiary/aromatic N) is 7. The maximum atomic E-state index is 9.55. The highest BCUT2D eigenvalue weighted by Crippen LogP contribution is 2.25. The third-order valence-corrected chi connectivity index (χ3v) is 4.54. The van der Waals surface area contributed by atoms with Crippen molar-refractivity contribution in [2.24, 2.45) is 0 Å². The Labute approximate surface area is 152 Å². The second-order valence-corrected chi connectivity index (χ2v) is 6.15. The van der Waals surface area contributed by atoms with Crippen LogP contribution >= 0.6 is 0 Å². The summed E-state index contributed by atoms with van der Waals surface area (Å²) < 4.78 is 1.86. The van der Waals surface area contributed by atoms with Crippen LogP contribution in [0, 0.1) is 11.3 Å². The lowest BCUT2D eigenvalue weighted by molar-refractivity contribution is 0.759. The van der Waals surface area contributed by atoms with Gasteiger partial charge in [-0.25, -0.2) is 4.68 Å². The molecule has 3 aromatic rings. The Morgan fingerprint density at radius 2 is 1.73 bits per heavy atom. The number of hydrogen-bond acceptors (Lipinski definition) is 6. The molecule has 1 aliphatic heterocycles. The molecule has 7 nitrogen and oxygen atoms in total. The maximum Gasteiger partial charge on any atom is 0.151 e. The van der Waals surface area contributed by atoms with Crippen LogP contribution in [0.2, 0.25) is 0 Å². The fourth-order valence-electron chi connectivity index (χ4n) is 3.30. The van der Waals surface area contributed by atoms with Gasteiger partial charge in [0.15, 0.2) is 5.82 Å². The van der Waals surface area contributed by atoms with Crippen molar-refractivity contribution < 1.29 is 0 Å². The first kappa shape index (κ1) is 16.1. The third-order valence-electron chi connectivity index (χ3n) is 4.54. The van der Waals surface area contributed by atoms with Crippen molar-refractivity contribution in [3.05, 3.63) is 60.4 Å². The Morgan fingerprint density at radius 1 is 0.923 bits per heavy atom. The zero-order valence-electron chi connectivity index (χ0n) is 14.4. The summed E-state index contributed by atoms with van der Waals surface area (Å²) in [6.07, 6.45) is 4.31. The normalized spacial score (nSPS) is 14.7. The van der Waals surface area contributed by atoms with Crippen LogP contribution in [-0.4, -0.2) is 46.2 Å². The fraction of sp³-hybridized carbons (Fsp3) is 0.263. The highest BCUT2D eigenvalue weighted by Gasteiger charge is 2.22. The van der Waals surface area contributed by atoms with Gasteiger partial charge >= 0.3 is 0 Å². The number of benzene rings is 1. The highest BCUT2D eigenvalue weighted by atomic mass is 15.4. The van der Waals surface area contributed by atoms with E-state index < -0.39 is 0 Å². The zero-order valence-corrected chi connectivity index (χ0v) is 14.4. The summed E-state index contributed by atoms with van der Waals surface area (Å²) in [6.45, 7) is 3.40. The molecule has 2 aromatic heterocycles. The van der Waals surface area contributed by atoms with Crippen LogP contribution in [0.4, 0.5) is 11.6 Å². The Balaban J connectivity index is 1.62. The summed E-state index contributed by atoms with van der Waals surface area (Å²) in [5.74, 6) is 1.76. The van der Waals surface area contributed by atoms with Crippen LogP contribution in [0.25, 0.3) is 5.69 Å². The molecule has 1 aliphatic rings. The molecule has 1 fully saturated rings. The molecule has 130 valence electrons. The van der Waals surface area contributed by atoms with Gasteiger partial charge in [-0.3, -0.25) is 0 Å². The lowest BCUT2D eigenvalue weighted by atomic mass is 10.3. The molecule has 0 unspecified atom stereocenters. The van der Waals surface area contributed by atoms with E-state index in [1.165, 1.54) is 0 Å². The predicted octanol–water partition coefficient (Wildman–Crippen LogP) is 2.25. The van der Waals surface area contributed by atoms with Gasteiger partial charge in [-0.05, 0) is 30.7 Å². The van der Waals surface area contributed by atoms with Crippen LogP contribution in [0.1, 0.15) is 12.0 Å². The van der Waals surface area contributed by atoms with Crippen LogP contribution < -0.4 is 9.80 Å². The molecule has 0 aliphatic carbocycles. The van der Waals surface area contributed by atoms with E-state index in [0.29, 0.717) is 5.56 Å². The number of nitriles is 1. The molecular formula is C19H19N7. The summed E-state index contributed by atoms with van der Waals surface area (Å²) in [7, 11) is 0. The summed E-state index contributed by atoms with van der Waals surface area (Å²) >= 11 is 0.